The van der Waals surface area contributed by atoms with Crippen molar-refractivity contribution in [3.8, 4) is 0 Å². The summed E-state index contributed by atoms with van der Waals surface area (Å²) in [5, 5.41) is 12.5. The number of rotatable bonds is 5. The van der Waals surface area contributed by atoms with E-state index in [2.05, 4.69) is 55.4 Å². The van der Waals surface area contributed by atoms with Crippen LogP contribution in [0.3, 0.4) is 0 Å². The first-order valence-electron chi connectivity index (χ1n) is 9.53. The minimum absolute atomic E-state index is 0.657. The zero-order chi connectivity index (χ0) is 19.3. The highest BCUT2D eigenvalue weighted by molar-refractivity contribution is 6.30. The van der Waals surface area contributed by atoms with Gasteiger partial charge in [0.1, 0.15) is 0 Å². The summed E-state index contributed by atoms with van der Waals surface area (Å²) in [6, 6.07) is 16.2. The van der Waals surface area contributed by atoms with Crippen molar-refractivity contribution in [2.45, 2.75) is 13.3 Å². The number of hydrogen-bond donors (Lipinski definition) is 1. The molecule has 0 saturated carbocycles. The Morgan fingerprint density at radius 3 is 2.57 bits per heavy atom. The largest absolute Gasteiger partial charge is 0.368 e. The normalized spacial score (nSPS) is 14.2. The molecule has 0 unspecified atom stereocenters. The minimum Gasteiger partial charge on any atom is -0.368 e. The molecule has 4 rings (SSSR count). The molecule has 3 aromatic rings. The number of benzene rings is 2. The topological polar surface area (TPSA) is 57.2 Å². The summed E-state index contributed by atoms with van der Waals surface area (Å²) in [6.45, 7) is 5.59. The van der Waals surface area contributed by atoms with Crippen LogP contribution in [0.15, 0.2) is 54.7 Å². The van der Waals surface area contributed by atoms with Gasteiger partial charge in [0.2, 0.25) is 5.95 Å². The van der Waals surface area contributed by atoms with Gasteiger partial charge in [-0.1, -0.05) is 42.8 Å². The summed E-state index contributed by atoms with van der Waals surface area (Å²) in [5.74, 6) is 1.37. The molecule has 6 nitrogen and oxygen atoms in total. The molecule has 0 radical (unpaired) electrons. The summed E-state index contributed by atoms with van der Waals surface area (Å²) in [5.41, 5.74) is 3.46. The number of hydrogen-bond acceptors (Lipinski definition) is 6. The van der Waals surface area contributed by atoms with Crippen molar-refractivity contribution in [2.24, 2.45) is 0 Å². The van der Waals surface area contributed by atoms with Crippen LogP contribution in [0, 0.1) is 0 Å². The molecule has 0 atom stereocenters. The van der Waals surface area contributed by atoms with E-state index in [9.17, 15) is 0 Å². The third-order valence-corrected chi connectivity index (χ3v) is 5.18. The smallest absolute Gasteiger partial charge is 0.247 e. The van der Waals surface area contributed by atoms with Crippen molar-refractivity contribution < 1.29 is 0 Å². The molecule has 2 heterocycles. The maximum atomic E-state index is 6.12. The number of aromatic nitrogens is 3. The van der Waals surface area contributed by atoms with Gasteiger partial charge in [0.05, 0.1) is 6.20 Å². The third kappa shape index (κ3) is 4.17. The summed E-state index contributed by atoms with van der Waals surface area (Å²) in [7, 11) is 0. The van der Waals surface area contributed by atoms with Crippen LogP contribution in [0.4, 0.5) is 23.1 Å². The van der Waals surface area contributed by atoms with E-state index in [0.717, 1.165) is 49.0 Å². The Kier molecular flexibility index (Phi) is 5.58. The van der Waals surface area contributed by atoms with Crippen LogP contribution in [0.1, 0.15) is 12.5 Å². The van der Waals surface area contributed by atoms with Gasteiger partial charge in [-0.25, -0.2) is 0 Å². The molecule has 1 N–H and O–H groups in total. The second kappa shape index (κ2) is 8.44. The van der Waals surface area contributed by atoms with Crippen molar-refractivity contribution >= 4 is 34.7 Å². The number of piperazine rings is 1. The first-order chi connectivity index (χ1) is 13.7. The lowest BCUT2D eigenvalue weighted by atomic mass is 10.1. The van der Waals surface area contributed by atoms with Crippen molar-refractivity contribution in [3.63, 3.8) is 0 Å². The molecule has 1 saturated heterocycles. The molecule has 7 heteroatoms. The Morgan fingerprint density at radius 2 is 1.79 bits per heavy atom. The van der Waals surface area contributed by atoms with Crippen LogP contribution in [0.5, 0.6) is 0 Å². The second-order valence-corrected chi connectivity index (χ2v) is 7.17. The molecular formula is C21H23ClN6. The van der Waals surface area contributed by atoms with Gasteiger partial charge in [-0.15, -0.1) is 5.10 Å². The fourth-order valence-corrected chi connectivity index (χ4v) is 3.60. The Hall–Kier alpha value is -2.86. The van der Waals surface area contributed by atoms with Crippen molar-refractivity contribution in [1.82, 2.24) is 15.2 Å². The Bertz CT molecular complexity index is 939. The average Bonchev–Trinajstić information content (AvgIpc) is 2.74. The fraction of sp³-hybridized carbons (Fsp3) is 0.286. The third-order valence-electron chi connectivity index (χ3n) is 4.94. The summed E-state index contributed by atoms with van der Waals surface area (Å²) >= 11 is 6.12. The zero-order valence-electron chi connectivity index (χ0n) is 15.8. The SMILES string of the molecule is CCc1ccccc1Nc1cnnc(N2CCN(c3cccc(Cl)c3)CC2)n1. The molecule has 144 valence electrons. The first-order valence-corrected chi connectivity index (χ1v) is 9.91. The Morgan fingerprint density at radius 1 is 1.00 bits per heavy atom. The van der Waals surface area contributed by atoms with E-state index in [-0.39, 0.29) is 0 Å². The van der Waals surface area contributed by atoms with Crippen molar-refractivity contribution in [2.75, 3.05) is 41.3 Å². The Labute approximate surface area is 170 Å². The van der Waals surface area contributed by atoms with Crippen LogP contribution in [0.25, 0.3) is 0 Å². The zero-order valence-corrected chi connectivity index (χ0v) is 16.6. The van der Waals surface area contributed by atoms with E-state index >= 15 is 0 Å². The number of nitrogens with one attached hydrogen (secondary N) is 1. The summed E-state index contributed by atoms with van der Waals surface area (Å²) in [6.07, 6.45) is 2.62. The standard InChI is InChI=1S/C21H23ClN6/c1-2-16-6-3-4-9-19(16)24-20-15-23-26-21(25-20)28-12-10-27(11-13-28)18-8-5-7-17(22)14-18/h3-9,14-15H,2,10-13H2,1H3,(H,24,25,26). The number of para-hydroxylation sites is 1. The fourth-order valence-electron chi connectivity index (χ4n) is 3.41. The Balaban J connectivity index is 1.44. The van der Waals surface area contributed by atoms with E-state index in [1.807, 2.05) is 30.3 Å². The van der Waals surface area contributed by atoms with E-state index in [0.29, 0.717) is 11.8 Å². The molecule has 0 bridgehead atoms. The first kappa shape index (κ1) is 18.5. The second-order valence-electron chi connectivity index (χ2n) is 6.73. The summed E-state index contributed by atoms with van der Waals surface area (Å²) in [4.78, 5) is 9.18. The van der Waals surface area contributed by atoms with Crippen LogP contribution >= 0.6 is 11.6 Å². The lowest BCUT2D eigenvalue weighted by Gasteiger charge is -2.36. The van der Waals surface area contributed by atoms with Crippen molar-refractivity contribution in [3.05, 3.63) is 65.3 Å². The molecule has 1 fully saturated rings. The van der Waals surface area contributed by atoms with Gasteiger partial charge in [0.15, 0.2) is 5.82 Å². The maximum Gasteiger partial charge on any atom is 0.247 e. The average molecular weight is 395 g/mol. The van der Waals surface area contributed by atoms with Crippen LogP contribution in [-0.4, -0.2) is 41.4 Å². The summed E-state index contributed by atoms with van der Waals surface area (Å²) < 4.78 is 0. The van der Waals surface area contributed by atoms with Gasteiger partial charge in [0, 0.05) is 42.6 Å². The number of nitrogens with zero attached hydrogens (tertiary/aromatic N) is 5. The van der Waals surface area contributed by atoms with Crippen molar-refractivity contribution in [1.29, 1.82) is 0 Å². The van der Waals surface area contributed by atoms with Crippen LogP contribution in [-0.2, 0) is 6.42 Å². The molecule has 1 aliphatic rings. The number of halogens is 1. The molecule has 28 heavy (non-hydrogen) atoms. The molecular weight excluding hydrogens is 372 g/mol. The number of anilines is 4. The predicted octanol–water partition coefficient (Wildman–Crippen LogP) is 4.16. The van der Waals surface area contributed by atoms with E-state index in [1.54, 1.807) is 6.20 Å². The van der Waals surface area contributed by atoms with Gasteiger partial charge in [-0.3, -0.25) is 0 Å². The molecule has 1 aromatic heterocycles. The van der Waals surface area contributed by atoms with Gasteiger partial charge >= 0.3 is 0 Å². The molecule has 1 aliphatic heterocycles. The molecule has 0 aliphatic carbocycles. The van der Waals surface area contributed by atoms with Gasteiger partial charge < -0.3 is 15.1 Å². The molecule has 0 spiro atoms. The maximum absolute atomic E-state index is 6.12. The van der Waals surface area contributed by atoms with Gasteiger partial charge in [0.25, 0.3) is 0 Å². The molecule has 2 aromatic carbocycles. The van der Waals surface area contributed by atoms with Gasteiger partial charge in [-0.05, 0) is 36.2 Å². The minimum atomic E-state index is 0.657. The van der Waals surface area contributed by atoms with E-state index in [4.69, 9.17) is 11.6 Å². The quantitative estimate of drug-likeness (QED) is 0.701. The highest BCUT2D eigenvalue weighted by Crippen LogP contribution is 2.23. The van der Waals surface area contributed by atoms with E-state index < -0.39 is 0 Å². The van der Waals surface area contributed by atoms with E-state index in [1.165, 1.54) is 5.56 Å². The number of aryl methyl sites for hydroxylation is 1. The highest BCUT2D eigenvalue weighted by Gasteiger charge is 2.20. The van der Waals surface area contributed by atoms with Crippen LogP contribution < -0.4 is 15.1 Å². The lowest BCUT2D eigenvalue weighted by Crippen LogP contribution is -2.47. The highest BCUT2D eigenvalue weighted by atomic mass is 35.5. The lowest BCUT2D eigenvalue weighted by molar-refractivity contribution is 0.635. The predicted molar refractivity (Wildman–Crippen MR) is 115 cm³/mol. The van der Waals surface area contributed by atoms with Gasteiger partial charge in [-0.2, -0.15) is 10.1 Å². The molecule has 0 amide bonds. The van der Waals surface area contributed by atoms with Crippen LogP contribution in [0.2, 0.25) is 5.02 Å². The monoisotopic (exact) mass is 394 g/mol.